The summed E-state index contributed by atoms with van der Waals surface area (Å²) in [4.78, 5) is 0. The van der Waals surface area contributed by atoms with E-state index >= 15 is 0 Å². The van der Waals surface area contributed by atoms with Crippen molar-refractivity contribution in [3.05, 3.63) is 35.6 Å². The van der Waals surface area contributed by atoms with E-state index in [2.05, 4.69) is 5.32 Å². The molecule has 14 heavy (non-hydrogen) atoms. The van der Waals surface area contributed by atoms with Crippen molar-refractivity contribution in [2.75, 3.05) is 6.54 Å². The van der Waals surface area contributed by atoms with Crippen molar-refractivity contribution in [2.24, 2.45) is 5.92 Å². The van der Waals surface area contributed by atoms with E-state index in [0.717, 1.165) is 5.92 Å². The fourth-order valence-corrected chi connectivity index (χ4v) is 2.93. The van der Waals surface area contributed by atoms with Crippen LogP contribution < -0.4 is 5.32 Å². The maximum Gasteiger partial charge on any atom is 0.123 e. The average molecular weight is 191 g/mol. The van der Waals surface area contributed by atoms with Crippen molar-refractivity contribution in [3.63, 3.8) is 0 Å². The van der Waals surface area contributed by atoms with E-state index in [1.54, 1.807) is 12.1 Å². The van der Waals surface area contributed by atoms with Gasteiger partial charge in [0.25, 0.3) is 0 Å². The van der Waals surface area contributed by atoms with E-state index in [4.69, 9.17) is 0 Å². The first kappa shape index (κ1) is 8.42. The standard InChI is InChI=1S/C12H14FN/c13-10-3-1-9(2-4-10)11-5-8-6-12(11)14-7-8/h1-4,8,11-12,14H,5-7H2. The Balaban J connectivity index is 1.86. The molecule has 3 atom stereocenters. The van der Waals surface area contributed by atoms with Gasteiger partial charge in [-0.25, -0.2) is 4.39 Å². The SMILES string of the molecule is Fc1ccc(C2CC3CNC2C3)cc1. The second-order valence-corrected chi connectivity index (χ2v) is 4.51. The van der Waals surface area contributed by atoms with Gasteiger partial charge < -0.3 is 5.32 Å². The molecular formula is C12H14FN. The Morgan fingerprint density at radius 3 is 2.50 bits per heavy atom. The first-order valence-corrected chi connectivity index (χ1v) is 5.32. The molecule has 2 bridgehead atoms. The van der Waals surface area contributed by atoms with Gasteiger partial charge in [-0.1, -0.05) is 12.1 Å². The number of halogens is 1. The molecule has 2 aliphatic rings. The Kier molecular flexibility index (Phi) is 1.84. The second kappa shape index (κ2) is 3.06. The number of benzene rings is 1. The Bertz CT molecular complexity index is 333. The van der Waals surface area contributed by atoms with E-state index in [9.17, 15) is 4.39 Å². The lowest BCUT2D eigenvalue weighted by molar-refractivity contribution is 0.448. The van der Waals surface area contributed by atoms with Crippen LogP contribution in [0.15, 0.2) is 24.3 Å². The molecule has 0 spiro atoms. The molecule has 1 nitrogen and oxygen atoms in total. The van der Waals surface area contributed by atoms with Crippen LogP contribution in [-0.4, -0.2) is 12.6 Å². The third kappa shape index (κ3) is 1.25. The van der Waals surface area contributed by atoms with Crippen molar-refractivity contribution >= 4 is 0 Å². The number of fused-ring (bicyclic) bond motifs is 2. The van der Waals surface area contributed by atoms with E-state index in [1.807, 2.05) is 12.1 Å². The maximum atomic E-state index is 12.7. The first-order valence-electron chi connectivity index (χ1n) is 5.32. The topological polar surface area (TPSA) is 12.0 Å². The zero-order chi connectivity index (χ0) is 9.54. The summed E-state index contributed by atoms with van der Waals surface area (Å²) in [5, 5.41) is 3.53. The van der Waals surface area contributed by atoms with Crippen molar-refractivity contribution < 1.29 is 4.39 Å². The van der Waals surface area contributed by atoms with E-state index in [-0.39, 0.29) is 5.82 Å². The monoisotopic (exact) mass is 191 g/mol. The van der Waals surface area contributed by atoms with Gasteiger partial charge in [0.05, 0.1) is 0 Å². The highest BCUT2D eigenvalue weighted by Crippen LogP contribution is 2.42. The normalized spacial score (nSPS) is 35.1. The second-order valence-electron chi connectivity index (χ2n) is 4.51. The molecule has 2 heteroatoms. The molecule has 3 unspecified atom stereocenters. The van der Waals surface area contributed by atoms with Crippen LogP contribution >= 0.6 is 0 Å². The highest BCUT2D eigenvalue weighted by molar-refractivity contribution is 5.25. The molecule has 1 aromatic rings. The van der Waals surface area contributed by atoms with Crippen LogP contribution in [0.3, 0.4) is 0 Å². The van der Waals surface area contributed by atoms with Crippen molar-refractivity contribution in [1.29, 1.82) is 0 Å². The van der Waals surface area contributed by atoms with Crippen LogP contribution in [0.5, 0.6) is 0 Å². The van der Waals surface area contributed by atoms with Crippen LogP contribution in [0, 0.1) is 11.7 Å². The minimum Gasteiger partial charge on any atom is -0.313 e. The molecule has 1 N–H and O–H groups in total. The molecule has 1 aliphatic heterocycles. The summed E-state index contributed by atoms with van der Waals surface area (Å²) >= 11 is 0. The minimum absolute atomic E-state index is 0.134. The zero-order valence-electron chi connectivity index (χ0n) is 8.04. The number of hydrogen-bond acceptors (Lipinski definition) is 1. The summed E-state index contributed by atoms with van der Waals surface area (Å²) in [6.07, 6.45) is 2.59. The van der Waals surface area contributed by atoms with Gasteiger partial charge in [-0.05, 0) is 48.9 Å². The largest absolute Gasteiger partial charge is 0.313 e. The van der Waals surface area contributed by atoms with Gasteiger partial charge in [0.1, 0.15) is 5.82 Å². The van der Waals surface area contributed by atoms with E-state index < -0.39 is 0 Å². The summed E-state index contributed by atoms with van der Waals surface area (Å²) in [5.41, 5.74) is 1.30. The summed E-state index contributed by atoms with van der Waals surface area (Å²) in [5.74, 6) is 1.34. The van der Waals surface area contributed by atoms with Gasteiger partial charge in [-0.2, -0.15) is 0 Å². The van der Waals surface area contributed by atoms with Gasteiger partial charge in [-0.15, -0.1) is 0 Å². The molecule has 0 radical (unpaired) electrons. The molecule has 1 aromatic carbocycles. The molecule has 1 heterocycles. The Morgan fingerprint density at radius 1 is 1.14 bits per heavy atom. The molecule has 1 saturated carbocycles. The Morgan fingerprint density at radius 2 is 1.93 bits per heavy atom. The minimum atomic E-state index is -0.134. The number of hydrogen-bond donors (Lipinski definition) is 1. The van der Waals surface area contributed by atoms with Crippen molar-refractivity contribution in [1.82, 2.24) is 5.32 Å². The predicted octanol–water partition coefficient (Wildman–Crippen LogP) is 2.29. The summed E-state index contributed by atoms with van der Waals surface area (Å²) in [6.45, 7) is 1.18. The summed E-state index contributed by atoms with van der Waals surface area (Å²) in [6, 6.07) is 7.65. The highest BCUT2D eigenvalue weighted by atomic mass is 19.1. The quantitative estimate of drug-likeness (QED) is 0.718. The van der Waals surface area contributed by atoms with Crippen LogP contribution in [0.2, 0.25) is 0 Å². The maximum absolute atomic E-state index is 12.7. The highest BCUT2D eigenvalue weighted by Gasteiger charge is 2.39. The fourth-order valence-electron chi connectivity index (χ4n) is 2.93. The predicted molar refractivity (Wildman–Crippen MR) is 53.7 cm³/mol. The number of piperidine rings is 1. The molecule has 2 fully saturated rings. The summed E-state index contributed by atoms with van der Waals surface area (Å²) < 4.78 is 12.7. The van der Waals surface area contributed by atoms with Crippen LogP contribution in [0.1, 0.15) is 24.3 Å². The molecule has 3 rings (SSSR count). The van der Waals surface area contributed by atoms with Crippen molar-refractivity contribution in [2.45, 2.75) is 24.8 Å². The van der Waals surface area contributed by atoms with Gasteiger partial charge in [0, 0.05) is 6.04 Å². The molecule has 0 amide bonds. The molecule has 1 saturated heterocycles. The van der Waals surface area contributed by atoms with Gasteiger partial charge in [0.2, 0.25) is 0 Å². The van der Waals surface area contributed by atoms with E-state index in [1.165, 1.54) is 24.9 Å². The molecule has 74 valence electrons. The van der Waals surface area contributed by atoms with Gasteiger partial charge in [0.15, 0.2) is 0 Å². The third-order valence-electron chi connectivity index (χ3n) is 3.63. The zero-order valence-corrected chi connectivity index (χ0v) is 8.04. The Labute approximate surface area is 83.3 Å². The van der Waals surface area contributed by atoms with Gasteiger partial charge in [-0.3, -0.25) is 0 Å². The Hall–Kier alpha value is -0.890. The number of nitrogens with one attached hydrogen (secondary N) is 1. The average Bonchev–Trinajstić information content (AvgIpc) is 2.80. The lowest BCUT2D eigenvalue weighted by Crippen LogP contribution is -2.31. The smallest absolute Gasteiger partial charge is 0.123 e. The summed E-state index contributed by atoms with van der Waals surface area (Å²) in [7, 11) is 0. The third-order valence-corrected chi connectivity index (χ3v) is 3.63. The van der Waals surface area contributed by atoms with E-state index in [0.29, 0.717) is 12.0 Å². The van der Waals surface area contributed by atoms with Gasteiger partial charge >= 0.3 is 0 Å². The van der Waals surface area contributed by atoms with Crippen LogP contribution in [0.25, 0.3) is 0 Å². The van der Waals surface area contributed by atoms with Crippen LogP contribution in [-0.2, 0) is 0 Å². The first-order chi connectivity index (χ1) is 6.83. The number of rotatable bonds is 1. The fraction of sp³-hybridized carbons (Fsp3) is 0.500. The molecule has 1 aliphatic carbocycles. The lowest BCUT2D eigenvalue weighted by Gasteiger charge is -2.23. The lowest BCUT2D eigenvalue weighted by atomic mass is 9.92. The van der Waals surface area contributed by atoms with Crippen LogP contribution in [0.4, 0.5) is 4.39 Å². The molecular weight excluding hydrogens is 177 g/mol. The molecule has 0 aromatic heterocycles. The van der Waals surface area contributed by atoms with Crippen molar-refractivity contribution in [3.8, 4) is 0 Å².